The SMILES string of the molecule is CCOC(=O)c1cn(-c2c[c]([Sn][C](C)(C)C)ncc2C)nc1C. The number of pyridine rings is 1. The Hall–Kier alpha value is -1.37. The summed E-state index contributed by atoms with van der Waals surface area (Å²) in [6.45, 7) is 12.8. The van der Waals surface area contributed by atoms with Gasteiger partial charge in [0.25, 0.3) is 0 Å². The molecule has 0 N–H and O–H groups in total. The van der Waals surface area contributed by atoms with E-state index in [1.807, 2.05) is 20.0 Å². The Morgan fingerprint density at radius 2 is 2.04 bits per heavy atom. The summed E-state index contributed by atoms with van der Waals surface area (Å²) in [5.41, 5.74) is 3.22. The number of nitrogens with zero attached hydrogens (tertiary/aromatic N) is 3. The van der Waals surface area contributed by atoms with E-state index in [0.29, 0.717) is 21.3 Å². The molecule has 2 rings (SSSR count). The summed E-state index contributed by atoms with van der Waals surface area (Å²) in [6.07, 6.45) is 3.65. The Labute approximate surface area is 147 Å². The quantitative estimate of drug-likeness (QED) is 0.564. The van der Waals surface area contributed by atoms with Gasteiger partial charge in [0.2, 0.25) is 0 Å². The van der Waals surface area contributed by atoms with Gasteiger partial charge >= 0.3 is 148 Å². The summed E-state index contributed by atoms with van der Waals surface area (Å²) >= 11 is -0.792. The second-order valence-electron chi connectivity index (χ2n) is 6.52. The zero-order chi connectivity index (χ0) is 17.2. The van der Waals surface area contributed by atoms with Crippen LogP contribution >= 0.6 is 0 Å². The summed E-state index contributed by atoms with van der Waals surface area (Å²) in [6, 6.07) is 2.12. The fourth-order valence-corrected chi connectivity index (χ4v) is 5.36. The van der Waals surface area contributed by atoms with E-state index >= 15 is 0 Å². The molecule has 6 heteroatoms. The van der Waals surface area contributed by atoms with Crippen LogP contribution < -0.4 is 3.71 Å². The Morgan fingerprint density at radius 3 is 2.65 bits per heavy atom. The van der Waals surface area contributed by atoms with Gasteiger partial charge in [-0.15, -0.1) is 0 Å². The average molecular weight is 420 g/mol. The van der Waals surface area contributed by atoms with Crippen molar-refractivity contribution in [3.05, 3.63) is 35.3 Å². The molecule has 0 aliphatic heterocycles. The Bertz CT molecular complexity index is 717. The Morgan fingerprint density at radius 1 is 1.35 bits per heavy atom. The third kappa shape index (κ3) is 4.56. The van der Waals surface area contributed by atoms with Crippen LogP contribution in [-0.2, 0) is 4.74 Å². The summed E-state index contributed by atoms with van der Waals surface area (Å²) < 4.78 is 8.37. The molecule has 0 spiro atoms. The number of ether oxygens (including phenoxy) is 1. The van der Waals surface area contributed by atoms with Gasteiger partial charge in [0.05, 0.1) is 0 Å². The van der Waals surface area contributed by atoms with Crippen molar-refractivity contribution in [3.8, 4) is 5.69 Å². The van der Waals surface area contributed by atoms with Crippen LogP contribution in [-0.4, -0.2) is 48.5 Å². The van der Waals surface area contributed by atoms with Crippen molar-refractivity contribution in [1.82, 2.24) is 14.8 Å². The first-order chi connectivity index (χ1) is 10.7. The van der Waals surface area contributed by atoms with Crippen LogP contribution in [0.2, 0.25) is 3.43 Å². The number of hydrogen-bond acceptors (Lipinski definition) is 4. The van der Waals surface area contributed by atoms with Crippen LogP contribution in [0, 0.1) is 13.8 Å². The topological polar surface area (TPSA) is 57.0 Å². The van der Waals surface area contributed by atoms with Crippen molar-refractivity contribution in [3.63, 3.8) is 0 Å². The van der Waals surface area contributed by atoms with E-state index in [0.717, 1.165) is 11.3 Å². The zero-order valence-electron chi connectivity index (χ0n) is 14.6. The number of hydrogen-bond donors (Lipinski definition) is 0. The molecular weight excluding hydrogens is 397 g/mol. The Kier molecular flexibility index (Phi) is 5.49. The summed E-state index contributed by atoms with van der Waals surface area (Å²) in [7, 11) is 0. The summed E-state index contributed by atoms with van der Waals surface area (Å²) in [5.74, 6) is -0.325. The number of rotatable bonds is 4. The van der Waals surface area contributed by atoms with Crippen LogP contribution in [0.3, 0.4) is 0 Å². The number of aromatic nitrogens is 3. The predicted octanol–water partition coefficient (Wildman–Crippen LogP) is 2.61. The minimum absolute atomic E-state index is 0.325. The van der Waals surface area contributed by atoms with E-state index in [9.17, 15) is 4.79 Å². The molecule has 2 heterocycles. The van der Waals surface area contributed by atoms with Crippen molar-refractivity contribution in [2.45, 2.75) is 45.0 Å². The molecule has 0 fully saturated rings. The molecule has 2 radical (unpaired) electrons. The fourth-order valence-electron chi connectivity index (χ4n) is 2.21. The van der Waals surface area contributed by atoms with Gasteiger partial charge in [-0.1, -0.05) is 0 Å². The van der Waals surface area contributed by atoms with Gasteiger partial charge in [-0.2, -0.15) is 0 Å². The van der Waals surface area contributed by atoms with Crippen molar-refractivity contribution in [1.29, 1.82) is 0 Å². The molecule has 5 nitrogen and oxygen atoms in total. The zero-order valence-corrected chi connectivity index (χ0v) is 17.5. The maximum absolute atomic E-state index is 12.0. The molecule has 2 aromatic heterocycles. The van der Waals surface area contributed by atoms with Crippen molar-refractivity contribution in [2.75, 3.05) is 6.61 Å². The number of carbonyl (C=O) groups is 1. The molecular formula is C17H23N3O2Sn. The molecule has 0 amide bonds. The molecule has 0 atom stereocenters. The number of carbonyl (C=O) groups excluding carboxylic acids is 1. The molecule has 2 aromatic rings. The van der Waals surface area contributed by atoms with Gasteiger partial charge < -0.3 is 0 Å². The van der Waals surface area contributed by atoms with Gasteiger partial charge in [-0.25, -0.2) is 0 Å². The second-order valence-corrected chi connectivity index (χ2v) is 13.0. The molecule has 0 saturated heterocycles. The third-order valence-corrected chi connectivity index (χ3v) is 6.87. The monoisotopic (exact) mass is 421 g/mol. The summed E-state index contributed by atoms with van der Waals surface area (Å²) in [4.78, 5) is 16.6. The van der Waals surface area contributed by atoms with Crippen LogP contribution in [0.5, 0.6) is 0 Å². The van der Waals surface area contributed by atoms with E-state index in [2.05, 4.69) is 36.9 Å². The third-order valence-electron chi connectivity index (χ3n) is 3.22. The molecule has 0 bridgehead atoms. The molecule has 0 unspecified atom stereocenters. The molecule has 0 aliphatic rings. The van der Waals surface area contributed by atoms with Gasteiger partial charge in [-0.3, -0.25) is 0 Å². The first kappa shape index (κ1) is 18.0. The van der Waals surface area contributed by atoms with Gasteiger partial charge in [0.15, 0.2) is 0 Å². The molecule has 0 aliphatic carbocycles. The van der Waals surface area contributed by atoms with Gasteiger partial charge in [0.1, 0.15) is 0 Å². The van der Waals surface area contributed by atoms with Crippen molar-refractivity contribution in [2.24, 2.45) is 0 Å². The Balaban J connectivity index is 2.40. The molecule has 0 aromatic carbocycles. The average Bonchev–Trinajstić information content (AvgIpc) is 2.81. The normalized spacial score (nSPS) is 11.6. The molecule has 122 valence electrons. The van der Waals surface area contributed by atoms with Crippen molar-refractivity contribution >= 4 is 30.8 Å². The van der Waals surface area contributed by atoms with Crippen LogP contribution in [0.15, 0.2) is 18.5 Å². The molecule has 0 saturated carbocycles. The predicted molar refractivity (Wildman–Crippen MR) is 91.9 cm³/mol. The van der Waals surface area contributed by atoms with Crippen molar-refractivity contribution < 1.29 is 9.53 Å². The number of aryl methyl sites for hydroxylation is 2. The fraction of sp³-hybridized carbons (Fsp3) is 0.471. The van der Waals surface area contributed by atoms with E-state index in [1.165, 1.54) is 3.71 Å². The van der Waals surface area contributed by atoms with Crippen LogP contribution in [0.25, 0.3) is 5.69 Å². The van der Waals surface area contributed by atoms with E-state index < -0.39 is 21.1 Å². The van der Waals surface area contributed by atoms with E-state index in [-0.39, 0.29) is 5.97 Å². The standard InChI is InChI=1S/C13H14N3O2.C4H9.Sn/c1-4-18-13(17)11-8-16(15-10(11)3)12-5-6-14-7-9(12)2;1-4(2)3;/h5,7-8H,4H2,1-3H3;1-3H3;. The van der Waals surface area contributed by atoms with E-state index in [1.54, 1.807) is 17.8 Å². The first-order valence-electron chi connectivity index (χ1n) is 7.70. The van der Waals surface area contributed by atoms with Crippen LogP contribution in [0.4, 0.5) is 0 Å². The number of esters is 1. The first-order valence-corrected chi connectivity index (χ1v) is 10.6. The van der Waals surface area contributed by atoms with Gasteiger partial charge in [-0.05, 0) is 0 Å². The molecule has 23 heavy (non-hydrogen) atoms. The van der Waals surface area contributed by atoms with Gasteiger partial charge in [0, 0.05) is 0 Å². The minimum atomic E-state index is -0.792. The maximum atomic E-state index is 12.0. The van der Waals surface area contributed by atoms with Crippen LogP contribution in [0.1, 0.15) is 49.3 Å². The van der Waals surface area contributed by atoms with E-state index in [4.69, 9.17) is 4.74 Å². The second kappa shape index (κ2) is 7.03. The summed E-state index contributed by atoms with van der Waals surface area (Å²) in [5, 5.41) is 4.49.